The molecule has 6 heteroatoms. The molecule has 1 saturated carbocycles. The number of rotatable bonds is 3. The van der Waals surface area contributed by atoms with E-state index in [-0.39, 0.29) is 6.09 Å². The van der Waals surface area contributed by atoms with Crippen LogP contribution < -0.4 is 4.74 Å². The summed E-state index contributed by atoms with van der Waals surface area (Å²) in [6.45, 7) is 7.40. The largest absolute Gasteiger partial charge is 0.477 e. The van der Waals surface area contributed by atoms with Crippen molar-refractivity contribution in [3.8, 4) is 5.88 Å². The molecule has 6 nitrogen and oxygen atoms in total. The maximum atomic E-state index is 12.2. The first-order chi connectivity index (χ1) is 10.4. The molecule has 0 radical (unpaired) electrons. The minimum absolute atomic E-state index is 0.294. The van der Waals surface area contributed by atoms with E-state index in [1.54, 1.807) is 4.90 Å². The molecule has 0 unspecified atom stereocenters. The van der Waals surface area contributed by atoms with Crippen molar-refractivity contribution in [3.05, 3.63) is 17.6 Å². The number of ether oxygens (including phenoxy) is 2. The molecule has 1 amide bonds. The molecule has 22 heavy (non-hydrogen) atoms. The number of hydrogen-bond donors (Lipinski definition) is 0. The van der Waals surface area contributed by atoms with Crippen molar-refractivity contribution < 1.29 is 14.3 Å². The van der Waals surface area contributed by atoms with Gasteiger partial charge in [-0.2, -0.15) is 0 Å². The molecular formula is C16H23N3O3. The highest BCUT2D eigenvalue weighted by Gasteiger charge is 2.29. The summed E-state index contributed by atoms with van der Waals surface area (Å²) in [5.74, 6) is 1.37. The second-order valence-corrected chi connectivity index (χ2v) is 7.01. The van der Waals surface area contributed by atoms with Crippen molar-refractivity contribution >= 4 is 6.09 Å². The zero-order valence-corrected chi connectivity index (χ0v) is 13.5. The minimum Gasteiger partial charge on any atom is -0.477 e. The average molecular weight is 305 g/mol. The fourth-order valence-corrected chi connectivity index (χ4v) is 2.41. The Bertz CT molecular complexity index is 564. The fourth-order valence-electron chi connectivity index (χ4n) is 2.41. The third-order valence-electron chi connectivity index (χ3n) is 3.77. The van der Waals surface area contributed by atoms with Gasteiger partial charge in [-0.25, -0.2) is 14.8 Å². The van der Waals surface area contributed by atoms with Crippen molar-refractivity contribution in [1.29, 1.82) is 0 Å². The summed E-state index contributed by atoms with van der Waals surface area (Å²) in [4.78, 5) is 22.4. The Kier molecular flexibility index (Phi) is 3.93. The molecule has 0 spiro atoms. The SMILES string of the molecule is CC(C)(C)OC(=O)N1CCc2c(ncnc2OCC2CC2)C1. The Morgan fingerprint density at radius 1 is 1.36 bits per heavy atom. The van der Waals surface area contributed by atoms with E-state index in [2.05, 4.69) is 9.97 Å². The quantitative estimate of drug-likeness (QED) is 0.858. The van der Waals surface area contributed by atoms with Gasteiger partial charge >= 0.3 is 6.09 Å². The molecule has 2 heterocycles. The van der Waals surface area contributed by atoms with Crippen LogP contribution in [0.4, 0.5) is 4.79 Å². The van der Waals surface area contributed by atoms with E-state index in [1.807, 2.05) is 20.8 Å². The predicted molar refractivity (Wildman–Crippen MR) is 80.6 cm³/mol. The molecule has 1 aromatic rings. The summed E-state index contributed by atoms with van der Waals surface area (Å²) in [5.41, 5.74) is 1.41. The lowest BCUT2D eigenvalue weighted by molar-refractivity contribution is 0.0219. The van der Waals surface area contributed by atoms with Gasteiger partial charge in [0.05, 0.1) is 18.8 Å². The molecule has 0 aromatic carbocycles. The van der Waals surface area contributed by atoms with E-state index in [9.17, 15) is 4.79 Å². The van der Waals surface area contributed by atoms with E-state index in [4.69, 9.17) is 9.47 Å². The number of hydrogen-bond acceptors (Lipinski definition) is 5. The minimum atomic E-state index is -0.485. The van der Waals surface area contributed by atoms with Crippen molar-refractivity contribution in [2.24, 2.45) is 5.92 Å². The summed E-state index contributed by atoms with van der Waals surface area (Å²) in [5, 5.41) is 0. The first-order valence-electron chi connectivity index (χ1n) is 7.86. The van der Waals surface area contributed by atoms with E-state index in [0.29, 0.717) is 31.3 Å². The number of carbonyl (C=O) groups is 1. The topological polar surface area (TPSA) is 64.5 Å². The molecule has 0 N–H and O–H groups in total. The van der Waals surface area contributed by atoms with Gasteiger partial charge in [0.15, 0.2) is 0 Å². The third-order valence-corrected chi connectivity index (χ3v) is 3.77. The summed E-state index contributed by atoms with van der Waals surface area (Å²) in [6, 6.07) is 0. The molecule has 3 rings (SSSR count). The van der Waals surface area contributed by atoms with Gasteiger partial charge in [0.1, 0.15) is 11.9 Å². The van der Waals surface area contributed by atoms with Crippen molar-refractivity contribution in [1.82, 2.24) is 14.9 Å². The van der Waals surface area contributed by atoms with Crippen molar-refractivity contribution in [2.45, 2.75) is 52.2 Å². The number of nitrogens with zero attached hydrogens (tertiary/aromatic N) is 3. The molecule has 1 aliphatic carbocycles. The third kappa shape index (κ3) is 3.67. The van der Waals surface area contributed by atoms with Crippen LogP contribution in [0.5, 0.6) is 5.88 Å². The predicted octanol–water partition coefficient (Wildman–Crippen LogP) is 2.56. The first kappa shape index (κ1) is 15.1. The molecule has 2 aliphatic rings. The first-order valence-corrected chi connectivity index (χ1v) is 7.86. The number of amides is 1. The number of fused-ring (bicyclic) bond motifs is 1. The summed E-state index contributed by atoms with van der Waals surface area (Å²) >= 11 is 0. The Morgan fingerprint density at radius 2 is 2.14 bits per heavy atom. The van der Waals surface area contributed by atoms with Gasteiger partial charge in [0, 0.05) is 12.1 Å². The number of carbonyl (C=O) groups excluding carboxylic acids is 1. The van der Waals surface area contributed by atoms with E-state index in [1.165, 1.54) is 19.2 Å². The van der Waals surface area contributed by atoms with Gasteiger partial charge in [-0.3, -0.25) is 0 Å². The Balaban J connectivity index is 1.67. The Labute approximate surface area is 130 Å². The van der Waals surface area contributed by atoms with Gasteiger partial charge < -0.3 is 14.4 Å². The lowest BCUT2D eigenvalue weighted by Gasteiger charge is -2.30. The van der Waals surface area contributed by atoms with Gasteiger partial charge in [0.25, 0.3) is 0 Å². The second-order valence-electron chi connectivity index (χ2n) is 7.01. The van der Waals surface area contributed by atoms with Gasteiger partial charge in [-0.1, -0.05) is 0 Å². The Morgan fingerprint density at radius 3 is 2.82 bits per heavy atom. The smallest absolute Gasteiger partial charge is 0.410 e. The normalized spacial score (nSPS) is 17.9. The van der Waals surface area contributed by atoms with Gasteiger partial charge in [-0.05, 0) is 46.0 Å². The van der Waals surface area contributed by atoms with E-state index < -0.39 is 5.60 Å². The maximum absolute atomic E-state index is 12.2. The lowest BCUT2D eigenvalue weighted by Crippen LogP contribution is -2.40. The van der Waals surface area contributed by atoms with E-state index in [0.717, 1.165) is 17.9 Å². The zero-order valence-electron chi connectivity index (χ0n) is 13.5. The maximum Gasteiger partial charge on any atom is 0.410 e. The van der Waals surface area contributed by atoms with E-state index >= 15 is 0 Å². The molecule has 1 aliphatic heterocycles. The van der Waals surface area contributed by atoms with Gasteiger partial charge in [0.2, 0.25) is 5.88 Å². The molecule has 0 saturated heterocycles. The van der Waals surface area contributed by atoms with Crippen LogP contribution in [-0.4, -0.2) is 39.7 Å². The standard InChI is InChI=1S/C16H23N3O3/c1-16(2,3)22-15(20)19-7-6-12-13(8-19)17-10-18-14(12)21-9-11-4-5-11/h10-11H,4-9H2,1-3H3. The molecular weight excluding hydrogens is 282 g/mol. The summed E-state index contributed by atoms with van der Waals surface area (Å²) in [6.07, 6.45) is 4.42. The highest BCUT2D eigenvalue weighted by Crippen LogP contribution is 2.31. The molecule has 1 aromatic heterocycles. The van der Waals surface area contributed by atoms with Crippen LogP contribution in [0.1, 0.15) is 44.9 Å². The zero-order chi connectivity index (χ0) is 15.7. The molecule has 120 valence electrons. The van der Waals surface area contributed by atoms with Crippen LogP contribution in [0, 0.1) is 5.92 Å². The molecule has 0 bridgehead atoms. The van der Waals surface area contributed by atoms with Crippen LogP contribution in [0.15, 0.2) is 6.33 Å². The molecule has 0 atom stereocenters. The van der Waals surface area contributed by atoms with Crippen LogP contribution >= 0.6 is 0 Å². The Hall–Kier alpha value is -1.85. The molecule has 1 fully saturated rings. The van der Waals surface area contributed by atoms with Crippen molar-refractivity contribution in [2.75, 3.05) is 13.2 Å². The van der Waals surface area contributed by atoms with Crippen LogP contribution in [0.25, 0.3) is 0 Å². The lowest BCUT2D eigenvalue weighted by atomic mass is 10.1. The highest BCUT2D eigenvalue weighted by molar-refractivity contribution is 5.68. The monoisotopic (exact) mass is 305 g/mol. The summed E-state index contributed by atoms with van der Waals surface area (Å²) in [7, 11) is 0. The fraction of sp³-hybridized carbons (Fsp3) is 0.688. The van der Waals surface area contributed by atoms with Crippen LogP contribution in [0.3, 0.4) is 0 Å². The van der Waals surface area contributed by atoms with Crippen LogP contribution in [-0.2, 0) is 17.7 Å². The number of aromatic nitrogens is 2. The highest BCUT2D eigenvalue weighted by atomic mass is 16.6. The van der Waals surface area contributed by atoms with Gasteiger partial charge in [-0.15, -0.1) is 0 Å². The second kappa shape index (κ2) is 5.74. The van der Waals surface area contributed by atoms with Crippen molar-refractivity contribution in [3.63, 3.8) is 0 Å². The summed E-state index contributed by atoms with van der Waals surface area (Å²) < 4.78 is 11.2. The van der Waals surface area contributed by atoms with Crippen LogP contribution in [0.2, 0.25) is 0 Å². The average Bonchev–Trinajstić information content (AvgIpc) is 3.26.